The highest BCUT2D eigenvalue weighted by molar-refractivity contribution is 7.89. The Morgan fingerprint density at radius 2 is 1.78 bits per heavy atom. The molecule has 9 heteroatoms. The maximum absolute atomic E-state index is 12.7. The molecule has 0 bridgehead atoms. The molecule has 23 heavy (non-hydrogen) atoms. The number of sulfonamides is 1. The first-order valence-corrected chi connectivity index (χ1v) is 9.65. The lowest BCUT2D eigenvalue weighted by molar-refractivity contribution is -0.134. The second-order valence-corrected chi connectivity index (χ2v) is 9.50. The van der Waals surface area contributed by atoms with Crippen molar-refractivity contribution in [1.29, 1.82) is 0 Å². The topological polar surface area (TPSA) is 83.7 Å². The summed E-state index contributed by atoms with van der Waals surface area (Å²) in [5.74, 6) is -0.0351. The molecule has 1 aromatic rings. The zero-order valence-corrected chi connectivity index (χ0v) is 15.7. The maximum atomic E-state index is 12.7. The number of aryl methyl sites for hydroxylation is 2. The minimum absolute atomic E-state index is 0. The van der Waals surface area contributed by atoms with E-state index in [9.17, 15) is 13.2 Å². The van der Waals surface area contributed by atoms with Crippen molar-refractivity contribution in [2.75, 3.05) is 26.2 Å². The van der Waals surface area contributed by atoms with Crippen LogP contribution in [-0.4, -0.2) is 55.2 Å². The lowest BCUT2D eigenvalue weighted by Crippen LogP contribution is -2.55. The molecule has 0 aromatic carbocycles. The van der Waals surface area contributed by atoms with E-state index in [4.69, 9.17) is 5.73 Å². The van der Waals surface area contributed by atoms with E-state index in [0.717, 1.165) is 22.6 Å². The van der Waals surface area contributed by atoms with Gasteiger partial charge in [-0.2, -0.15) is 4.31 Å². The number of hydrogen-bond acceptors (Lipinski definition) is 5. The number of piperazine rings is 1. The van der Waals surface area contributed by atoms with Crippen molar-refractivity contribution >= 4 is 39.7 Å². The predicted molar refractivity (Wildman–Crippen MR) is 92.5 cm³/mol. The van der Waals surface area contributed by atoms with Crippen LogP contribution in [0.1, 0.15) is 22.6 Å². The normalized spacial score (nSPS) is 20.9. The molecule has 130 valence electrons. The molecule has 0 atom stereocenters. The van der Waals surface area contributed by atoms with Gasteiger partial charge in [0.1, 0.15) is 0 Å². The van der Waals surface area contributed by atoms with Gasteiger partial charge in [-0.1, -0.05) is 0 Å². The molecule has 0 spiro atoms. The van der Waals surface area contributed by atoms with Crippen molar-refractivity contribution in [2.24, 2.45) is 5.73 Å². The van der Waals surface area contributed by atoms with Crippen molar-refractivity contribution < 1.29 is 13.2 Å². The fourth-order valence-electron chi connectivity index (χ4n) is 2.80. The summed E-state index contributed by atoms with van der Waals surface area (Å²) in [6.45, 7) is 5.23. The van der Waals surface area contributed by atoms with Crippen LogP contribution in [0.5, 0.6) is 0 Å². The second-order valence-electron chi connectivity index (χ2n) is 6.13. The van der Waals surface area contributed by atoms with E-state index >= 15 is 0 Å². The summed E-state index contributed by atoms with van der Waals surface area (Å²) < 4.78 is 26.9. The van der Waals surface area contributed by atoms with Crippen LogP contribution in [0.2, 0.25) is 0 Å². The molecule has 0 unspecified atom stereocenters. The van der Waals surface area contributed by atoms with Crippen LogP contribution in [0.25, 0.3) is 0 Å². The Morgan fingerprint density at radius 1 is 1.22 bits per heavy atom. The molecule has 6 nitrogen and oxygen atoms in total. The largest absolute Gasteiger partial charge is 0.338 e. The number of nitrogens with two attached hydrogens (primary N) is 1. The van der Waals surface area contributed by atoms with Crippen LogP contribution < -0.4 is 5.73 Å². The van der Waals surface area contributed by atoms with Gasteiger partial charge in [-0.15, -0.1) is 23.7 Å². The van der Waals surface area contributed by atoms with Gasteiger partial charge in [0.25, 0.3) is 0 Å². The van der Waals surface area contributed by atoms with Crippen LogP contribution in [0.4, 0.5) is 0 Å². The van der Waals surface area contributed by atoms with Crippen molar-refractivity contribution in [3.8, 4) is 0 Å². The highest BCUT2D eigenvalue weighted by Crippen LogP contribution is 2.35. The van der Waals surface area contributed by atoms with Gasteiger partial charge >= 0.3 is 0 Å². The Morgan fingerprint density at radius 3 is 2.22 bits per heavy atom. The van der Waals surface area contributed by atoms with E-state index in [0.29, 0.717) is 31.1 Å². The molecule has 1 aliphatic carbocycles. The van der Waals surface area contributed by atoms with Gasteiger partial charge in [-0.05, 0) is 32.8 Å². The van der Waals surface area contributed by atoms with E-state index in [1.165, 1.54) is 15.6 Å². The Bertz CT molecular complexity index is 705. The van der Waals surface area contributed by atoms with E-state index in [-0.39, 0.29) is 18.3 Å². The highest BCUT2D eigenvalue weighted by atomic mass is 35.5. The zero-order valence-electron chi connectivity index (χ0n) is 13.2. The second kappa shape index (κ2) is 6.33. The number of hydrogen-bond donors (Lipinski definition) is 1. The number of nitrogens with zero attached hydrogens (tertiary/aromatic N) is 2. The monoisotopic (exact) mass is 379 g/mol. The van der Waals surface area contributed by atoms with Gasteiger partial charge in [0.15, 0.2) is 0 Å². The highest BCUT2D eigenvalue weighted by Gasteiger charge is 2.48. The number of carbonyl (C=O) groups is 1. The summed E-state index contributed by atoms with van der Waals surface area (Å²) in [4.78, 5) is 16.1. The molecule has 0 radical (unpaired) electrons. The summed E-state index contributed by atoms with van der Waals surface area (Å²) in [6, 6.07) is 1.73. The number of amides is 1. The summed E-state index contributed by atoms with van der Waals surface area (Å²) in [5.41, 5.74) is 5.25. The van der Waals surface area contributed by atoms with E-state index in [1.807, 2.05) is 13.8 Å². The van der Waals surface area contributed by atoms with E-state index in [1.54, 1.807) is 11.0 Å². The van der Waals surface area contributed by atoms with Gasteiger partial charge < -0.3 is 10.6 Å². The Labute approximate surface area is 147 Å². The molecule has 1 aliphatic heterocycles. The first kappa shape index (κ1) is 18.7. The minimum atomic E-state index is -3.47. The molecule has 1 saturated heterocycles. The van der Waals surface area contributed by atoms with Crippen molar-refractivity contribution in [2.45, 2.75) is 37.1 Å². The minimum Gasteiger partial charge on any atom is -0.338 e. The molecule has 2 aliphatic rings. The molecule has 2 heterocycles. The van der Waals surface area contributed by atoms with Gasteiger partial charge in [0.05, 0.1) is 10.4 Å². The quantitative estimate of drug-likeness (QED) is 0.852. The van der Waals surface area contributed by atoms with Crippen LogP contribution in [0.15, 0.2) is 11.0 Å². The maximum Gasteiger partial charge on any atom is 0.244 e. The first-order chi connectivity index (χ1) is 10.2. The number of halogens is 1. The van der Waals surface area contributed by atoms with Gasteiger partial charge in [0.2, 0.25) is 15.9 Å². The van der Waals surface area contributed by atoms with Gasteiger partial charge in [-0.3, -0.25) is 4.79 Å². The van der Waals surface area contributed by atoms with Gasteiger partial charge in [-0.25, -0.2) is 8.42 Å². The smallest absolute Gasteiger partial charge is 0.244 e. The van der Waals surface area contributed by atoms with E-state index < -0.39 is 15.6 Å². The molecular formula is C14H22ClN3O3S2. The third kappa shape index (κ3) is 3.41. The van der Waals surface area contributed by atoms with Crippen LogP contribution in [0, 0.1) is 13.8 Å². The summed E-state index contributed by atoms with van der Waals surface area (Å²) in [5, 5.41) is 0. The van der Waals surface area contributed by atoms with Gasteiger partial charge in [0, 0.05) is 35.9 Å². The predicted octanol–water partition coefficient (Wildman–Crippen LogP) is 1.11. The fraction of sp³-hybridized carbons (Fsp3) is 0.643. The first-order valence-electron chi connectivity index (χ1n) is 7.39. The van der Waals surface area contributed by atoms with Crippen LogP contribution in [-0.2, 0) is 14.8 Å². The summed E-state index contributed by atoms with van der Waals surface area (Å²) in [7, 11) is -3.47. The molecule has 2 fully saturated rings. The lowest BCUT2D eigenvalue weighted by Gasteiger charge is -2.35. The summed E-state index contributed by atoms with van der Waals surface area (Å²) in [6.07, 6.45) is 1.47. The third-order valence-corrected chi connectivity index (χ3v) is 7.47. The Balaban J connectivity index is 0.00000192. The average molecular weight is 380 g/mol. The van der Waals surface area contributed by atoms with Crippen LogP contribution in [0.3, 0.4) is 0 Å². The molecule has 3 rings (SSSR count). The molecule has 1 saturated carbocycles. The number of rotatable bonds is 3. The molecule has 1 aromatic heterocycles. The molecule has 1 amide bonds. The molecule has 2 N–H and O–H groups in total. The van der Waals surface area contributed by atoms with Crippen molar-refractivity contribution in [1.82, 2.24) is 9.21 Å². The van der Waals surface area contributed by atoms with Crippen molar-refractivity contribution in [3.05, 3.63) is 15.8 Å². The number of carbonyl (C=O) groups excluding carboxylic acids is 1. The number of thiophene rings is 1. The Kier molecular flexibility index (Phi) is 5.13. The summed E-state index contributed by atoms with van der Waals surface area (Å²) >= 11 is 1.49. The third-order valence-electron chi connectivity index (χ3n) is 4.35. The lowest BCUT2D eigenvalue weighted by atomic mass is 10.2. The fourth-order valence-corrected chi connectivity index (χ4v) is 5.74. The average Bonchev–Trinajstić information content (AvgIpc) is 3.13. The molecular weight excluding hydrogens is 358 g/mol. The standard InChI is InChI=1S/C14H21N3O3S2.ClH/c1-10-9-12(11(2)21-10)22(19,20)17-7-5-16(6-8-17)13(18)14(15)3-4-14;/h9H,3-8,15H2,1-2H3;1H. The van der Waals surface area contributed by atoms with E-state index in [2.05, 4.69) is 0 Å². The SMILES string of the molecule is Cc1cc(S(=O)(=O)N2CCN(C(=O)C3(N)CC3)CC2)c(C)s1.Cl. The van der Waals surface area contributed by atoms with Crippen LogP contribution >= 0.6 is 23.7 Å². The zero-order chi connectivity index (χ0) is 16.1. The van der Waals surface area contributed by atoms with Crippen molar-refractivity contribution in [3.63, 3.8) is 0 Å². The Hall–Kier alpha value is -0.670.